The molecule has 3 atom stereocenters. The zero-order valence-corrected chi connectivity index (χ0v) is 23.9. The Labute approximate surface area is 242 Å². The molecule has 0 bridgehead atoms. The number of pyridine rings is 1. The van der Waals surface area contributed by atoms with Gasteiger partial charge in [-0.1, -0.05) is 24.3 Å². The van der Waals surface area contributed by atoms with Crippen LogP contribution in [0.1, 0.15) is 77.1 Å². The van der Waals surface area contributed by atoms with E-state index in [0.717, 1.165) is 36.8 Å². The molecular weight excluding hydrogens is 559 g/mol. The van der Waals surface area contributed by atoms with Crippen molar-refractivity contribution in [2.45, 2.75) is 50.5 Å². The highest BCUT2D eigenvalue weighted by atomic mass is 32.2. The van der Waals surface area contributed by atoms with Crippen LogP contribution in [0.3, 0.4) is 0 Å². The molecule has 12 heteroatoms. The number of halogens is 1. The number of hydrogen-bond donors (Lipinski definition) is 1. The van der Waals surface area contributed by atoms with Gasteiger partial charge in [-0.05, 0) is 61.9 Å². The second-order valence-corrected chi connectivity index (χ2v) is 13.3. The quantitative estimate of drug-likeness (QED) is 0.340. The van der Waals surface area contributed by atoms with Gasteiger partial charge in [-0.25, -0.2) is 22.9 Å². The van der Waals surface area contributed by atoms with Crippen LogP contribution in [0.15, 0.2) is 48.5 Å². The Hall–Kier alpha value is -4.19. The molecule has 1 aliphatic heterocycles. The lowest BCUT2D eigenvalue weighted by atomic mass is 9.93. The molecular formula is C30H29FN6O4S. The van der Waals surface area contributed by atoms with E-state index >= 15 is 4.39 Å². The van der Waals surface area contributed by atoms with Crippen molar-refractivity contribution in [2.24, 2.45) is 5.92 Å². The maximum absolute atomic E-state index is 15.3. The normalized spacial score (nSPS) is 21.7. The molecule has 2 amide bonds. The minimum atomic E-state index is -3.67. The lowest BCUT2D eigenvalue weighted by Gasteiger charge is -2.35. The van der Waals surface area contributed by atoms with Crippen LogP contribution < -0.4 is 4.72 Å². The van der Waals surface area contributed by atoms with E-state index in [1.54, 1.807) is 22.7 Å². The molecule has 0 saturated heterocycles. The zero-order valence-electron chi connectivity index (χ0n) is 23.1. The van der Waals surface area contributed by atoms with Gasteiger partial charge in [0.25, 0.3) is 5.91 Å². The third kappa shape index (κ3) is 4.83. The Bertz CT molecular complexity index is 1890. The van der Waals surface area contributed by atoms with E-state index < -0.39 is 27.8 Å². The van der Waals surface area contributed by atoms with Gasteiger partial charge in [0.2, 0.25) is 21.9 Å². The average molecular weight is 589 g/mol. The maximum Gasteiger partial charge on any atom is 0.273 e. The van der Waals surface area contributed by atoms with Gasteiger partial charge in [0.05, 0.1) is 23.6 Å². The first-order valence-electron chi connectivity index (χ1n) is 14.1. The maximum atomic E-state index is 15.3. The fraction of sp³-hybridized carbons (Fsp3) is 0.367. The molecule has 42 heavy (non-hydrogen) atoms. The molecule has 4 aromatic rings. The zero-order chi connectivity index (χ0) is 29.3. The summed E-state index contributed by atoms with van der Waals surface area (Å²) in [6.45, 7) is 2.64. The molecule has 3 aromatic heterocycles. The average Bonchev–Trinajstić information content (AvgIpc) is 3.88. The first kappa shape index (κ1) is 26.7. The van der Waals surface area contributed by atoms with Crippen molar-refractivity contribution >= 4 is 27.5 Å². The number of sulfonamides is 1. The summed E-state index contributed by atoms with van der Waals surface area (Å²) in [6.07, 6.45) is 4.06. The minimum absolute atomic E-state index is 0.0764. The lowest BCUT2D eigenvalue weighted by molar-refractivity contribution is -0.120. The highest BCUT2D eigenvalue weighted by Gasteiger charge is 2.46. The second-order valence-electron chi connectivity index (χ2n) is 11.5. The number of carbonyl (C=O) groups excluding carboxylic acids is 2. The topological polar surface area (TPSA) is 127 Å². The molecule has 0 unspecified atom stereocenters. The summed E-state index contributed by atoms with van der Waals surface area (Å²) in [5.41, 5.74) is 5.00. The minimum Gasteiger partial charge on any atom is -0.330 e. The molecule has 3 aliphatic rings. The Morgan fingerprint density at radius 1 is 1.07 bits per heavy atom. The van der Waals surface area contributed by atoms with E-state index in [0.29, 0.717) is 35.7 Å². The van der Waals surface area contributed by atoms with Gasteiger partial charge in [-0.3, -0.25) is 14.3 Å². The summed E-state index contributed by atoms with van der Waals surface area (Å²) in [4.78, 5) is 36.5. The van der Waals surface area contributed by atoms with E-state index in [9.17, 15) is 18.0 Å². The summed E-state index contributed by atoms with van der Waals surface area (Å²) >= 11 is 0. The summed E-state index contributed by atoms with van der Waals surface area (Å²) in [6, 6.07) is 14.8. The lowest BCUT2D eigenvalue weighted by Crippen LogP contribution is -2.39. The van der Waals surface area contributed by atoms with E-state index in [4.69, 9.17) is 0 Å². The summed E-state index contributed by atoms with van der Waals surface area (Å²) in [7, 11) is -3.67. The third-order valence-corrected chi connectivity index (χ3v) is 9.04. The number of carbonyl (C=O) groups is 2. The first-order chi connectivity index (χ1) is 20.1. The second kappa shape index (κ2) is 9.69. The Morgan fingerprint density at radius 3 is 2.60 bits per heavy atom. The molecule has 1 N–H and O–H groups in total. The van der Waals surface area contributed by atoms with E-state index in [1.807, 2.05) is 34.7 Å². The van der Waals surface area contributed by atoms with Gasteiger partial charge in [-0.15, -0.1) is 0 Å². The molecule has 10 nitrogen and oxygen atoms in total. The molecule has 0 radical (unpaired) electrons. The van der Waals surface area contributed by atoms with Crippen molar-refractivity contribution in [3.8, 4) is 11.3 Å². The first-order valence-corrected chi connectivity index (χ1v) is 15.9. The monoisotopic (exact) mass is 588 g/mol. The highest BCUT2D eigenvalue weighted by molar-refractivity contribution is 7.89. The van der Waals surface area contributed by atoms with Crippen LogP contribution in [0.4, 0.5) is 4.39 Å². The van der Waals surface area contributed by atoms with Crippen molar-refractivity contribution in [2.75, 3.05) is 12.8 Å². The molecule has 2 fully saturated rings. The van der Waals surface area contributed by atoms with Gasteiger partial charge in [-0.2, -0.15) is 9.49 Å². The third-order valence-electron chi connectivity index (χ3n) is 8.46. The predicted molar refractivity (Wildman–Crippen MR) is 152 cm³/mol. The van der Waals surface area contributed by atoms with Crippen LogP contribution >= 0.6 is 0 Å². The number of rotatable bonds is 6. The van der Waals surface area contributed by atoms with E-state index in [1.165, 1.54) is 5.56 Å². The van der Waals surface area contributed by atoms with Gasteiger partial charge < -0.3 is 4.90 Å². The molecule has 2 aliphatic carbocycles. The molecule has 0 spiro atoms. The predicted octanol–water partition coefficient (Wildman–Crippen LogP) is 3.75. The van der Waals surface area contributed by atoms with E-state index in [2.05, 4.69) is 27.2 Å². The van der Waals surface area contributed by atoms with Crippen LogP contribution in [0.25, 0.3) is 16.9 Å². The van der Waals surface area contributed by atoms with Crippen LogP contribution in [0.2, 0.25) is 0 Å². The number of hydrogen-bond acceptors (Lipinski definition) is 7. The van der Waals surface area contributed by atoms with Crippen molar-refractivity contribution in [3.63, 3.8) is 0 Å². The number of aromatic nitrogens is 4. The Balaban J connectivity index is 1.17. The number of nitrogens with one attached hydrogen (secondary N) is 1. The van der Waals surface area contributed by atoms with Crippen molar-refractivity contribution in [1.82, 2.24) is 29.2 Å². The van der Waals surface area contributed by atoms with E-state index in [-0.39, 0.29) is 29.3 Å². The molecule has 2 saturated carbocycles. The number of benzene rings is 1. The van der Waals surface area contributed by atoms with Crippen LogP contribution in [-0.2, 0) is 21.2 Å². The summed E-state index contributed by atoms with van der Waals surface area (Å²) < 4.78 is 41.7. The highest BCUT2D eigenvalue weighted by Crippen LogP contribution is 2.47. The number of amides is 2. The molecule has 216 valence electrons. The van der Waals surface area contributed by atoms with Crippen LogP contribution in [0.5, 0.6) is 0 Å². The van der Waals surface area contributed by atoms with Crippen molar-refractivity contribution < 1.29 is 22.4 Å². The molecule has 7 rings (SSSR count). The Kier molecular flexibility index (Phi) is 6.16. The van der Waals surface area contributed by atoms with Crippen LogP contribution in [0, 0.1) is 11.9 Å². The smallest absolute Gasteiger partial charge is 0.273 e. The van der Waals surface area contributed by atoms with Crippen LogP contribution in [-0.4, -0.2) is 57.5 Å². The fourth-order valence-corrected chi connectivity index (χ4v) is 6.54. The van der Waals surface area contributed by atoms with Gasteiger partial charge in [0.1, 0.15) is 5.69 Å². The number of nitrogens with zero attached hydrogens (tertiary/aromatic N) is 5. The van der Waals surface area contributed by atoms with Crippen molar-refractivity contribution in [1.29, 1.82) is 0 Å². The SMILES string of the molecule is C[C@@H]1c2ccccc2CCN1C(=O)c1cc(C2CC2)n2nc(-c3ccc([C@@H]4C[C@H]4C(=O)NS(C)(=O)=O)nc3F)cc2n1. The summed E-state index contributed by atoms with van der Waals surface area (Å²) in [5.74, 6) is -2.15. The largest absolute Gasteiger partial charge is 0.330 e. The standard InChI is InChI=1S/C30H29FN6O4S/c1-16-19-6-4-3-5-17(19)11-12-36(16)30(39)25-14-26(18-7-8-18)37-27(32-25)15-24(34-37)20-9-10-23(33-28(20)31)21-13-22(21)29(38)35-42(2,40)41/h3-6,9-10,14-16,18,21-22H,7-8,11-13H2,1-2H3,(H,35,38)/t16-,21-,22-/m1/s1. The summed E-state index contributed by atoms with van der Waals surface area (Å²) in [5, 5.41) is 4.65. The number of fused-ring (bicyclic) bond motifs is 2. The van der Waals surface area contributed by atoms with Gasteiger partial charge in [0.15, 0.2) is 5.65 Å². The molecule has 1 aromatic carbocycles. The Morgan fingerprint density at radius 2 is 1.86 bits per heavy atom. The van der Waals surface area contributed by atoms with Gasteiger partial charge in [0, 0.05) is 41.8 Å². The van der Waals surface area contributed by atoms with Gasteiger partial charge >= 0.3 is 0 Å². The molecule has 4 heterocycles. The fourth-order valence-electron chi connectivity index (χ4n) is 6.02. The van der Waals surface area contributed by atoms with Crippen molar-refractivity contribution in [3.05, 3.63) is 82.7 Å².